The van der Waals surface area contributed by atoms with Crippen LogP contribution in [0.5, 0.6) is 5.75 Å². The minimum atomic E-state index is -4.86. The maximum Gasteiger partial charge on any atom is 0.573 e. The van der Waals surface area contributed by atoms with E-state index in [1.165, 1.54) is 70.3 Å². The highest BCUT2D eigenvalue weighted by atomic mass is 28.2. The van der Waals surface area contributed by atoms with Crippen LogP contribution in [0.15, 0.2) is 18.2 Å². The highest BCUT2D eigenvalue weighted by molar-refractivity contribution is 6.37. The van der Waals surface area contributed by atoms with Crippen molar-refractivity contribution in [2.24, 2.45) is 17.8 Å². The summed E-state index contributed by atoms with van der Waals surface area (Å²) in [6.07, 6.45) is 10.6. The molecule has 2 aliphatic carbocycles. The van der Waals surface area contributed by atoms with E-state index in [-0.39, 0.29) is 9.52 Å². The second kappa shape index (κ2) is 11.7. The molecule has 0 saturated heterocycles. The zero-order valence-corrected chi connectivity index (χ0v) is 20.3. The first kappa shape index (κ1) is 24.6. The lowest BCUT2D eigenvalue weighted by Gasteiger charge is -2.38. The zero-order valence-electron chi connectivity index (χ0n) is 18.9. The molecule has 0 atom stereocenters. The molecule has 2 fully saturated rings. The molecule has 0 radical (unpaired) electrons. The van der Waals surface area contributed by atoms with Crippen LogP contribution in [0.3, 0.4) is 0 Å². The van der Waals surface area contributed by atoms with Crippen molar-refractivity contribution in [2.75, 3.05) is 0 Å². The predicted molar refractivity (Wildman–Crippen MR) is 121 cm³/mol. The van der Waals surface area contributed by atoms with Crippen molar-refractivity contribution >= 4 is 9.52 Å². The summed E-state index contributed by atoms with van der Waals surface area (Å²) in [5.74, 6) is 0.799. The van der Waals surface area contributed by atoms with E-state index >= 15 is 0 Å². The van der Waals surface area contributed by atoms with Gasteiger partial charge in [-0.3, -0.25) is 0 Å². The summed E-state index contributed by atoms with van der Waals surface area (Å²) in [6, 6.07) is 5.38. The van der Waals surface area contributed by atoms with Crippen LogP contribution in [-0.2, 0) is 6.42 Å². The predicted octanol–water partition coefficient (Wildman–Crippen LogP) is 7.83. The van der Waals surface area contributed by atoms with E-state index in [2.05, 4.69) is 11.7 Å². The van der Waals surface area contributed by atoms with Gasteiger partial charge in [0, 0.05) is 9.52 Å². The second-order valence-corrected chi connectivity index (χ2v) is 12.3. The third-order valence-electron chi connectivity index (χ3n) is 7.73. The van der Waals surface area contributed by atoms with E-state index in [9.17, 15) is 17.6 Å². The fourth-order valence-electron chi connectivity index (χ4n) is 5.86. The van der Waals surface area contributed by atoms with E-state index in [0.717, 1.165) is 35.4 Å². The number of hydrogen-bond donors (Lipinski definition) is 0. The maximum atomic E-state index is 13.9. The van der Waals surface area contributed by atoms with Crippen molar-refractivity contribution in [3.63, 3.8) is 0 Å². The Morgan fingerprint density at radius 1 is 0.968 bits per heavy atom. The number of benzene rings is 1. The van der Waals surface area contributed by atoms with Gasteiger partial charge < -0.3 is 4.74 Å². The summed E-state index contributed by atoms with van der Waals surface area (Å²) in [6.45, 7) is 2.29. The summed E-state index contributed by atoms with van der Waals surface area (Å²) < 4.78 is 54.4. The first-order valence-electron chi connectivity index (χ1n) is 12.4. The van der Waals surface area contributed by atoms with E-state index in [1.54, 1.807) is 12.1 Å². The molecular weight excluding hydrogens is 420 g/mol. The highest BCUT2D eigenvalue weighted by Crippen LogP contribution is 2.43. The van der Waals surface area contributed by atoms with Crippen molar-refractivity contribution < 1.29 is 22.3 Å². The van der Waals surface area contributed by atoms with Gasteiger partial charge in [-0.25, -0.2) is 4.39 Å². The van der Waals surface area contributed by atoms with Crippen molar-refractivity contribution in [1.82, 2.24) is 0 Å². The Kier molecular flexibility index (Phi) is 9.29. The van der Waals surface area contributed by atoms with Crippen molar-refractivity contribution in [2.45, 2.75) is 102 Å². The Labute approximate surface area is 187 Å². The largest absolute Gasteiger partial charge is 0.573 e. The highest BCUT2D eigenvalue weighted by Gasteiger charge is 2.33. The summed E-state index contributed by atoms with van der Waals surface area (Å²) in [7, 11) is 0.158. The van der Waals surface area contributed by atoms with Crippen molar-refractivity contribution in [1.29, 1.82) is 0 Å². The molecule has 1 aromatic rings. The Balaban J connectivity index is 1.36. The normalized spacial score (nSPS) is 27.6. The van der Waals surface area contributed by atoms with Gasteiger partial charge in [0.05, 0.1) is 0 Å². The van der Waals surface area contributed by atoms with Gasteiger partial charge in [-0.2, -0.15) is 0 Å². The quantitative estimate of drug-likeness (QED) is 0.208. The minimum Gasteiger partial charge on any atom is -0.403 e. The third kappa shape index (κ3) is 8.10. The SMILES string of the molecule is CCCC[SiH2][C@H]1CC[C@H](C2CCC(CCc3ccc(OC(F)(F)F)c(F)c3)CC2)CC1. The summed E-state index contributed by atoms with van der Waals surface area (Å²) in [4.78, 5) is 0. The minimum absolute atomic E-state index is 0.158. The maximum absolute atomic E-state index is 13.9. The number of unbranched alkanes of at least 4 members (excludes halogenated alkanes) is 1. The van der Waals surface area contributed by atoms with Gasteiger partial charge in [0.2, 0.25) is 0 Å². The first-order chi connectivity index (χ1) is 14.8. The fraction of sp³-hybridized carbons (Fsp3) is 0.760. The van der Waals surface area contributed by atoms with Crippen LogP contribution >= 0.6 is 0 Å². The summed E-state index contributed by atoms with van der Waals surface area (Å²) in [5.41, 5.74) is 1.85. The molecule has 6 heteroatoms. The average Bonchev–Trinajstić information content (AvgIpc) is 2.74. The summed E-state index contributed by atoms with van der Waals surface area (Å²) >= 11 is 0. The van der Waals surface area contributed by atoms with Crippen LogP contribution in [-0.4, -0.2) is 15.9 Å². The third-order valence-corrected chi connectivity index (χ3v) is 10.3. The molecule has 0 spiro atoms. The molecule has 0 heterocycles. The van der Waals surface area contributed by atoms with E-state index < -0.39 is 17.9 Å². The van der Waals surface area contributed by atoms with Crippen LogP contribution < -0.4 is 4.74 Å². The topological polar surface area (TPSA) is 9.23 Å². The van der Waals surface area contributed by atoms with Crippen LogP contribution in [0.25, 0.3) is 0 Å². The fourth-order valence-corrected chi connectivity index (χ4v) is 8.27. The molecule has 3 rings (SSSR count). The molecule has 2 aliphatic rings. The Hall–Kier alpha value is -1.04. The number of alkyl halides is 3. The molecule has 176 valence electrons. The van der Waals surface area contributed by atoms with Gasteiger partial charge >= 0.3 is 6.36 Å². The Morgan fingerprint density at radius 2 is 1.61 bits per heavy atom. The molecule has 0 N–H and O–H groups in total. The molecule has 31 heavy (non-hydrogen) atoms. The molecule has 0 aliphatic heterocycles. The Morgan fingerprint density at radius 3 is 2.19 bits per heavy atom. The molecule has 1 aromatic carbocycles. The molecule has 0 unspecified atom stereocenters. The molecular formula is C25H38F4OSi. The van der Waals surface area contributed by atoms with E-state index in [0.29, 0.717) is 12.3 Å². The number of ether oxygens (including phenoxy) is 1. The number of halogens is 4. The number of hydrogen-bond acceptors (Lipinski definition) is 1. The Bertz CT molecular complexity index is 662. The van der Waals surface area contributed by atoms with Crippen LogP contribution in [0, 0.1) is 23.6 Å². The summed E-state index contributed by atoms with van der Waals surface area (Å²) in [5, 5.41) is 0. The molecule has 0 amide bonds. The van der Waals surface area contributed by atoms with Crippen LogP contribution in [0.4, 0.5) is 17.6 Å². The van der Waals surface area contributed by atoms with Crippen LogP contribution in [0.2, 0.25) is 11.6 Å². The number of rotatable bonds is 9. The molecule has 0 aromatic heterocycles. The lowest BCUT2D eigenvalue weighted by Crippen LogP contribution is -2.26. The van der Waals surface area contributed by atoms with E-state index in [1.807, 2.05) is 0 Å². The first-order valence-corrected chi connectivity index (χ1v) is 14.2. The molecule has 2 saturated carbocycles. The van der Waals surface area contributed by atoms with Crippen molar-refractivity contribution in [3.8, 4) is 5.75 Å². The smallest absolute Gasteiger partial charge is 0.403 e. The molecule has 1 nitrogen and oxygen atoms in total. The van der Waals surface area contributed by atoms with Crippen molar-refractivity contribution in [3.05, 3.63) is 29.6 Å². The van der Waals surface area contributed by atoms with Gasteiger partial charge in [-0.05, 0) is 61.1 Å². The van der Waals surface area contributed by atoms with Crippen LogP contribution in [0.1, 0.15) is 83.1 Å². The second-order valence-electron chi connectivity index (χ2n) is 9.91. The average molecular weight is 459 g/mol. The zero-order chi connectivity index (χ0) is 22.3. The molecule has 0 bridgehead atoms. The van der Waals surface area contributed by atoms with Gasteiger partial charge in [0.25, 0.3) is 0 Å². The lowest BCUT2D eigenvalue weighted by molar-refractivity contribution is -0.275. The van der Waals surface area contributed by atoms with Gasteiger partial charge in [0.1, 0.15) is 0 Å². The standard InChI is InChI=1S/C25H38F4OSi/c1-2-3-16-31-22-13-11-21(12-14-22)20-9-6-18(7-10-20)4-5-19-8-15-24(23(26)17-19)30-25(27,28)29/h8,15,17-18,20-22H,2-7,9-14,16,31H2,1H3/t18?,20?,21-,22-. The van der Waals surface area contributed by atoms with Gasteiger partial charge in [0.15, 0.2) is 11.6 Å². The van der Waals surface area contributed by atoms with Gasteiger partial charge in [-0.1, -0.05) is 75.9 Å². The van der Waals surface area contributed by atoms with Gasteiger partial charge in [-0.15, -0.1) is 13.2 Å². The number of aryl methyl sites for hydroxylation is 1. The van der Waals surface area contributed by atoms with E-state index in [4.69, 9.17) is 0 Å². The monoisotopic (exact) mass is 458 g/mol. The lowest BCUT2D eigenvalue weighted by atomic mass is 9.70.